The zero-order valence-electron chi connectivity index (χ0n) is 9.61. The lowest BCUT2D eigenvalue weighted by Crippen LogP contribution is -2.08. The molecule has 0 saturated heterocycles. The molecule has 0 aliphatic carbocycles. The summed E-state index contributed by atoms with van der Waals surface area (Å²) in [4.78, 5) is 12.1. The van der Waals surface area contributed by atoms with Crippen LogP contribution in [0.1, 0.15) is 15.9 Å². The largest absolute Gasteiger partial charge is 0.496 e. The van der Waals surface area contributed by atoms with Crippen molar-refractivity contribution in [2.24, 2.45) is 0 Å². The van der Waals surface area contributed by atoms with Crippen LogP contribution in [0, 0.1) is 11.6 Å². The van der Waals surface area contributed by atoms with Crippen molar-refractivity contribution < 1.29 is 18.3 Å². The molecule has 2 aromatic carbocycles. The lowest BCUT2D eigenvalue weighted by Gasteiger charge is -2.08. The van der Waals surface area contributed by atoms with Gasteiger partial charge in [-0.1, -0.05) is 18.2 Å². The van der Waals surface area contributed by atoms with Crippen LogP contribution in [-0.4, -0.2) is 12.9 Å². The number of carbonyl (C=O) groups excluding carboxylic acids is 1. The van der Waals surface area contributed by atoms with E-state index in [9.17, 15) is 13.6 Å². The lowest BCUT2D eigenvalue weighted by molar-refractivity contribution is 0.102. The van der Waals surface area contributed by atoms with Crippen molar-refractivity contribution in [1.82, 2.24) is 0 Å². The first-order valence-electron chi connectivity index (χ1n) is 5.27. The first kappa shape index (κ1) is 12.2. The second kappa shape index (κ2) is 4.96. The Bertz CT molecular complexity index is 574. The molecule has 0 aromatic heterocycles. The fourth-order valence-corrected chi connectivity index (χ4v) is 1.68. The molecule has 0 heterocycles. The molecule has 4 heteroatoms. The molecule has 0 atom stereocenters. The van der Waals surface area contributed by atoms with Crippen molar-refractivity contribution in [3.8, 4) is 5.75 Å². The smallest absolute Gasteiger partial charge is 0.202 e. The highest BCUT2D eigenvalue weighted by Crippen LogP contribution is 2.23. The summed E-state index contributed by atoms with van der Waals surface area (Å²) in [6.07, 6.45) is 0. The van der Waals surface area contributed by atoms with E-state index >= 15 is 0 Å². The Balaban J connectivity index is 2.55. The van der Waals surface area contributed by atoms with Gasteiger partial charge in [-0.15, -0.1) is 0 Å². The molecule has 0 bridgehead atoms. The minimum absolute atomic E-state index is 0.129. The van der Waals surface area contributed by atoms with E-state index in [1.54, 1.807) is 18.2 Å². The number of carbonyl (C=O) groups is 1. The van der Waals surface area contributed by atoms with Crippen molar-refractivity contribution in [3.63, 3.8) is 0 Å². The van der Waals surface area contributed by atoms with Gasteiger partial charge in [0, 0.05) is 0 Å². The van der Waals surface area contributed by atoms with Crippen molar-refractivity contribution in [3.05, 3.63) is 65.2 Å². The zero-order valence-corrected chi connectivity index (χ0v) is 9.61. The molecule has 2 nitrogen and oxygen atoms in total. The minimum atomic E-state index is -0.883. The fourth-order valence-electron chi connectivity index (χ4n) is 1.68. The molecular formula is C14H10F2O2. The van der Waals surface area contributed by atoms with Crippen LogP contribution in [0.25, 0.3) is 0 Å². The quantitative estimate of drug-likeness (QED) is 0.780. The van der Waals surface area contributed by atoms with E-state index in [2.05, 4.69) is 0 Å². The first-order valence-corrected chi connectivity index (χ1v) is 5.27. The van der Waals surface area contributed by atoms with Gasteiger partial charge in [-0.05, 0) is 24.3 Å². The number of methoxy groups -OCH3 is 1. The van der Waals surface area contributed by atoms with Gasteiger partial charge >= 0.3 is 0 Å². The lowest BCUT2D eigenvalue weighted by atomic mass is 10.0. The Hall–Kier alpha value is -2.23. The van der Waals surface area contributed by atoms with Crippen molar-refractivity contribution in [1.29, 1.82) is 0 Å². The molecule has 92 valence electrons. The number of hydrogen-bond acceptors (Lipinski definition) is 2. The second-order valence-corrected chi connectivity index (χ2v) is 3.63. The molecule has 0 unspecified atom stereocenters. The van der Waals surface area contributed by atoms with Gasteiger partial charge in [0.15, 0.2) is 0 Å². The van der Waals surface area contributed by atoms with Gasteiger partial charge < -0.3 is 4.74 Å². The Morgan fingerprint density at radius 2 is 1.61 bits per heavy atom. The molecule has 0 N–H and O–H groups in total. The van der Waals surface area contributed by atoms with E-state index in [1.807, 2.05) is 0 Å². The highest BCUT2D eigenvalue weighted by molar-refractivity contribution is 6.11. The molecule has 18 heavy (non-hydrogen) atoms. The van der Waals surface area contributed by atoms with Crippen LogP contribution in [0.3, 0.4) is 0 Å². The number of benzene rings is 2. The average molecular weight is 248 g/mol. The number of hydrogen-bond donors (Lipinski definition) is 0. The van der Waals surface area contributed by atoms with E-state index in [0.29, 0.717) is 0 Å². The molecule has 0 fully saturated rings. The molecule has 0 spiro atoms. The maximum absolute atomic E-state index is 13.5. The molecular weight excluding hydrogens is 238 g/mol. The van der Waals surface area contributed by atoms with Gasteiger partial charge in [-0.2, -0.15) is 0 Å². The zero-order chi connectivity index (χ0) is 13.1. The third-order valence-electron chi connectivity index (χ3n) is 2.54. The Labute approximate surface area is 103 Å². The van der Waals surface area contributed by atoms with E-state index in [0.717, 1.165) is 12.1 Å². The van der Waals surface area contributed by atoms with Gasteiger partial charge in [-0.25, -0.2) is 8.78 Å². The predicted molar refractivity (Wildman–Crippen MR) is 62.8 cm³/mol. The molecule has 0 amide bonds. The third-order valence-corrected chi connectivity index (χ3v) is 2.54. The molecule has 0 aliphatic heterocycles. The third kappa shape index (κ3) is 2.09. The van der Waals surface area contributed by atoms with E-state index in [-0.39, 0.29) is 11.3 Å². The number of ether oxygens (including phenoxy) is 1. The highest BCUT2D eigenvalue weighted by Gasteiger charge is 2.21. The summed E-state index contributed by atoms with van der Waals surface area (Å²) in [7, 11) is 1.39. The standard InChI is InChI=1S/C14H10F2O2/c1-18-12-8-3-2-5-9(12)14(17)13-10(15)6-4-7-11(13)16/h2-8H,1H3. The van der Waals surface area contributed by atoms with Gasteiger partial charge in [0.25, 0.3) is 0 Å². The monoisotopic (exact) mass is 248 g/mol. The fraction of sp³-hybridized carbons (Fsp3) is 0.0714. The van der Waals surface area contributed by atoms with Crippen LogP contribution in [0.2, 0.25) is 0 Å². The summed E-state index contributed by atoms with van der Waals surface area (Å²) in [6.45, 7) is 0. The minimum Gasteiger partial charge on any atom is -0.496 e. The van der Waals surface area contributed by atoms with Crippen LogP contribution >= 0.6 is 0 Å². The summed E-state index contributed by atoms with van der Waals surface area (Å²) in [6, 6.07) is 9.61. The van der Waals surface area contributed by atoms with Crippen molar-refractivity contribution in [2.75, 3.05) is 7.11 Å². The topological polar surface area (TPSA) is 26.3 Å². The van der Waals surface area contributed by atoms with Crippen LogP contribution in [0.4, 0.5) is 8.78 Å². The average Bonchev–Trinajstić information content (AvgIpc) is 2.38. The summed E-state index contributed by atoms with van der Waals surface area (Å²) < 4.78 is 32.0. The van der Waals surface area contributed by atoms with Gasteiger partial charge in [-0.3, -0.25) is 4.79 Å². The normalized spacial score (nSPS) is 10.2. The van der Waals surface area contributed by atoms with Crippen molar-refractivity contribution in [2.45, 2.75) is 0 Å². The summed E-state index contributed by atoms with van der Waals surface area (Å²) >= 11 is 0. The summed E-state index contributed by atoms with van der Waals surface area (Å²) in [5, 5.41) is 0. The number of para-hydroxylation sites is 1. The summed E-state index contributed by atoms with van der Waals surface area (Å²) in [5.41, 5.74) is -0.439. The molecule has 0 aliphatic rings. The Kier molecular flexibility index (Phi) is 3.37. The van der Waals surface area contributed by atoms with Crippen molar-refractivity contribution >= 4 is 5.78 Å². The Morgan fingerprint density at radius 1 is 1.00 bits per heavy atom. The van der Waals surface area contributed by atoms with Crippen LogP contribution < -0.4 is 4.74 Å². The first-order chi connectivity index (χ1) is 8.65. The molecule has 0 radical (unpaired) electrons. The van der Waals surface area contributed by atoms with E-state index in [1.165, 1.54) is 19.2 Å². The predicted octanol–water partition coefficient (Wildman–Crippen LogP) is 3.20. The van der Waals surface area contributed by atoms with E-state index in [4.69, 9.17) is 4.74 Å². The number of rotatable bonds is 3. The molecule has 2 aromatic rings. The van der Waals surface area contributed by atoms with Gasteiger partial charge in [0.05, 0.1) is 18.2 Å². The van der Waals surface area contributed by atoms with Gasteiger partial charge in [0.2, 0.25) is 5.78 Å². The van der Waals surface area contributed by atoms with Gasteiger partial charge in [0.1, 0.15) is 17.4 Å². The molecule has 0 saturated carbocycles. The molecule has 2 rings (SSSR count). The maximum Gasteiger partial charge on any atom is 0.202 e. The highest BCUT2D eigenvalue weighted by atomic mass is 19.1. The second-order valence-electron chi connectivity index (χ2n) is 3.63. The van der Waals surface area contributed by atoms with E-state index < -0.39 is 23.0 Å². The van der Waals surface area contributed by atoms with Crippen LogP contribution in [-0.2, 0) is 0 Å². The SMILES string of the molecule is COc1ccccc1C(=O)c1c(F)cccc1F. The van der Waals surface area contributed by atoms with Crippen LogP contribution in [0.15, 0.2) is 42.5 Å². The Morgan fingerprint density at radius 3 is 2.22 bits per heavy atom. The van der Waals surface area contributed by atoms with Crippen LogP contribution in [0.5, 0.6) is 5.75 Å². The maximum atomic E-state index is 13.5. The number of halogens is 2. The number of ketones is 1. The summed E-state index contributed by atoms with van der Waals surface area (Å²) in [5.74, 6) is -2.22.